The number of rotatable bonds is 5. The minimum Gasteiger partial charge on any atom is -0.484 e. The molecule has 1 aromatic carbocycles. The van der Waals surface area contributed by atoms with Crippen molar-refractivity contribution in [1.29, 1.82) is 0 Å². The molecule has 8 nitrogen and oxygen atoms in total. The minimum absolute atomic E-state index is 0.0427. The van der Waals surface area contributed by atoms with Gasteiger partial charge in [0.25, 0.3) is 5.91 Å². The van der Waals surface area contributed by atoms with Crippen LogP contribution in [0.15, 0.2) is 24.3 Å². The van der Waals surface area contributed by atoms with Gasteiger partial charge in [-0.05, 0) is 44.0 Å². The highest BCUT2D eigenvalue weighted by molar-refractivity contribution is 5.91. The Morgan fingerprint density at radius 3 is 2.81 bits per heavy atom. The van der Waals surface area contributed by atoms with Crippen LogP contribution in [0.25, 0.3) is 0 Å². The highest BCUT2D eigenvalue weighted by atomic mass is 16.5. The van der Waals surface area contributed by atoms with Crippen LogP contribution in [0, 0.1) is 5.92 Å². The maximum Gasteiger partial charge on any atom is 0.322 e. The highest BCUT2D eigenvalue weighted by Gasteiger charge is 2.42. The van der Waals surface area contributed by atoms with Gasteiger partial charge in [-0.25, -0.2) is 4.79 Å². The van der Waals surface area contributed by atoms with Gasteiger partial charge in [-0.3, -0.25) is 9.59 Å². The van der Waals surface area contributed by atoms with Crippen molar-refractivity contribution in [2.24, 2.45) is 5.92 Å². The Kier molecular flexibility index (Phi) is 5.60. The molecule has 2 heterocycles. The van der Waals surface area contributed by atoms with Crippen molar-refractivity contribution in [1.82, 2.24) is 15.5 Å². The number of benzene rings is 1. The van der Waals surface area contributed by atoms with Crippen molar-refractivity contribution in [2.45, 2.75) is 25.8 Å². The van der Waals surface area contributed by atoms with Crippen LogP contribution in [-0.4, -0.2) is 55.0 Å². The summed E-state index contributed by atoms with van der Waals surface area (Å²) >= 11 is 0. The summed E-state index contributed by atoms with van der Waals surface area (Å²) in [4.78, 5) is 37.5. The Hall–Kier alpha value is -2.77. The molecule has 2 fully saturated rings. The van der Waals surface area contributed by atoms with Crippen LogP contribution in [0.2, 0.25) is 0 Å². The first-order chi connectivity index (χ1) is 12.6. The van der Waals surface area contributed by atoms with E-state index in [4.69, 9.17) is 4.74 Å². The Bertz CT molecular complexity index is 676. The minimum atomic E-state index is -0.202. The molecule has 2 aliphatic rings. The van der Waals surface area contributed by atoms with E-state index < -0.39 is 0 Å². The van der Waals surface area contributed by atoms with Crippen LogP contribution < -0.4 is 20.7 Å². The van der Waals surface area contributed by atoms with Gasteiger partial charge in [-0.15, -0.1) is 0 Å². The second-order valence-corrected chi connectivity index (χ2v) is 6.45. The number of likely N-dealkylation sites (tertiary alicyclic amines) is 1. The number of urea groups is 1. The van der Waals surface area contributed by atoms with Crippen molar-refractivity contribution in [2.75, 3.05) is 31.6 Å². The predicted molar refractivity (Wildman–Crippen MR) is 95.9 cm³/mol. The fraction of sp³-hybridized carbons (Fsp3) is 0.500. The second kappa shape index (κ2) is 8.07. The summed E-state index contributed by atoms with van der Waals surface area (Å²) < 4.78 is 5.38. The third kappa shape index (κ3) is 4.07. The number of piperidine rings is 1. The van der Waals surface area contributed by atoms with Crippen LogP contribution in [0.3, 0.4) is 0 Å². The number of anilines is 1. The number of likely N-dealkylation sites (N-methyl/N-ethyl adjacent to an activating group) is 1. The van der Waals surface area contributed by atoms with Gasteiger partial charge >= 0.3 is 6.03 Å². The largest absolute Gasteiger partial charge is 0.484 e. The van der Waals surface area contributed by atoms with Gasteiger partial charge in [0.05, 0.1) is 12.0 Å². The third-order valence-electron chi connectivity index (χ3n) is 4.71. The average Bonchev–Trinajstić information content (AvgIpc) is 3.02. The molecule has 1 aromatic rings. The summed E-state index contributed by atoms with van der Waals surface area (Å²) in [5.41, 5.74) is 0.639. The van der Waals surface area contributed by atoms with Gasteiger partial charge in [0, 0.05) is 25.3 Å². The Balaban J connectivity index is 1.54. The summed E-state index contributed by atoms with van der Waals surface area (Å²) in [6.07, 6.45) is 1.66. The topological polar surface area (TPSA) is 99.8 Å². The van der Waals surface area contributed by atoms with Crippen molar-refractivity contribution in [3.8, 4) is 5.75 Å². The van der Waals surface area contributed by atoms with Gasteiger partial charge in [-0.2, -0.15) is 0 Å². The molecule has 0 aliphatic carbocycles. The zero-order valence-corrected chi connectivity index (χ0v) is 14.8. The third-order valence-corrected chi connectivity index (χ3v) is 4.71. The van der Waals surface area contributed by atoms with E-state index in [-0.39, 0.29) is 36.4 Å². The lowest BCUT2D eigenvalue weighted by Gasteiger charge is -2.35. The first-order valence-corrected chi connectivity index (χ1v) is 8.93. The molecule has 3 N–H and O–H groups in total. The van der Waals surface area contributed by atoms with Crippen LogP contribution in [0.4, 0.5) is 10.5 Å². The van der Waals surface area contributed by atoms with Gasteiger partial charge in [-0.1, -0.05) is 0 Å². The number of nitrogens with zero attached hydrogens (tertiary/aromatic N) is 1. The normalized spacial score (nSPS) is 21.6. The van der Waals surface area contributed by atoms with E-state index in [1.54, 1.807) is 29.2 Å². The molecule has 0 aromatic heterocycles. The summed E-state index contributed by atoms with van der Waals surface area (Å²) in [6.45, 7) is 3.53. The van der Waals surface area contributed by atoms with Crippen molar-refractivity contribution >= 4 is 23.5 Å². The maximum atomic E-state index is 12.6. The monoisotopic (exact) mass is 360 g/mol. The summed E-state index contributed by atoms with van der Waals surface area (Å²) in [5.74, 6) is 0.322. The van der Waals surface area contributed by atoms with E-state index in [9.17, 15) is 14.4 Å². The molecule has 26 heavy (non-hydrogen) atoms. The number of amides is 4. The second-order valence-electron chi connectivity index (χ2n) is 6.45. The van der Waals surface area contributed by atoms with E-state index in [0.717, 1.165) is 12.8 Å². The summed E-state index contributed by atoms with van der Waals surface area (Å²) in [6, 6.07) is 6.58. The lowest BCUT2D eigenvalue weighted by Crippen LogP contribution is -2.50. The molecule has 2 saturated heterocycles. The van der Waals surface area contributed by atoms with Crippen LogP contribution in [-0.2, 0) is 9.59 Å². The van der Waals surface area contributed by atoms with Gasteiger partial charge in [0.15, 0.2) is 6.61 Å². The first-order valence-electron chi connectivity index (χ1n) is 8.93. The van der Waals surface area contributed by atoms with Crippen molar-refractivity contribution < 1.29 is 19.1 Å². The molecule has 2 aliphatic heterocycles. The van der Waals surface area contributed by atoms with Gasteiger partial charge in [0.1, 0.15) is 5.75 Å². The average molecular weight is 360 g/mol. The molecule has 0 saturated carbocycles. The molecule has 0 spiro atoms. The molecule has 8 heteroatoms. The standard InChI is InChI=1S/C18H24N4O4/c1-2-19-16(23)11-26-13-7-5-12(6-8-13)21-18(25)22-9-3-4-14-15(22)10-20-17(14)24/h5-8,14-15H,2-4,9-11H2,1H3,(H,19,23)(H,20,24)(H,21,25)/t14-,15+/m0/s1. The highest BCUT2D eigenvalue weighted by Crippen LogP contribution is 2.28. The number of fused-ring (bicyclic) bond motifs is 1. The van der Waals surface area contributed by atoms with Crippen LogP contribution in [0.5, 0.6) is 5.75 Å². The number of carbonyl (C=O) groups is 3. The molecular formula is C18H24N4O4. The molecule has 0 unspecified atom stereocenters. The van der Waals surface area contributed by atoms with Gasteiger partial charge in [0.2, 0.25) is 5.91 Å². The Labute approximate surface area is 152 Å². The lowest BCUT2D eigenvalue weighted by molar-refractivity contribution is -0.124. The number of hydrogen-bond donors (Lipinski definition) is 3. The number of hydrogen-bond acceptors (Lipinski definition) is 4. The van der Waals surface area contributed by atoms with Crippen molar-refractivity contribution in [3.05, 3.63) is 24.3 Å². The molecule has 4 amide bonds. The van der Waals surface area contributed by atoms with E-state index in [1.807, 2.05) is 6.92 Å². The van der Waals surface area contributed by atoms with E-state index in [2.05, 4.69) is 16.0 Å². The van der Waals surface area contributed by atoms with E-state index in [0.29, 0.717) is 31.1 Å². The zero-order chi connectivity index (χ0) is 18.5. The predicted octanol–water partition coefficient (Wildman–Crippen LogP) is 0.944. The number of ether oxygens (including phenoxy) is 1. The molecular weight excluding hydrogens is 336 g/mol. The van der Waals surface area contributed by atoms with E-state index >= 15 is 0 Å². The van der Waals surface area contributed by atoms with Crippen LogP contribution >= 0.6 is 0 Å². The Morgan fingerprint density at radius 1 is 1.31 bits per heavy atom. The lowest BCUT2D eigenvalue weighted by atomic mass is 9.92. The fourth-order valence-corrected chi connectivity index (χ4v) is 3.43. The SMILES string of the molecule is CCNC(=O)COc1ccc(NC(=O)N2CCC[C@@H]3C(=O)NC[C@H]32)cc1. The summed E-state index contributed by atoms with van der Waals surface area (Å²) in [7, 11) is 0. The molecule has 3 rings (SSSR count). The Morgan fingerprint density at radius 2 is 2.08 bits per heavy atom. The molecule has 0 radical (unpaired) electrons. The fourth-order valence-electron chi connectivity index (χ4n) is 3.43. The van der Waals surface area contributed by atoms with Crippen LogP contribution in [0.1, 0.15) is 19.8 Å². The zero-order valence-electron chi connectivity index (χ0n) is 14.8. The van der Waals surface area contributed by atoms with Gasteiger partial charge < -0.3 is 25.6 Å². The molecule has 140 valence electrons. The summed E-state index contributed by atoms with van der Waals surface area (Å²) in [5, 5.41) is 8.36. The molecule has 0 bridgehead atoms. The first kappa shape index (κ1) is 18.0. The number of carbonyl (C=O) groups excluding carboxylic acids is 3. The van der Waals surface area contributed by atoms with E-state index in [1.165, 1.54) is 0 Å². The van der Waals surface area contributed by atoms with Crippen molar-refractivity contribution in [3.63, 3.8) is 0 Å². The number of nitrogens with one attached hydrogen (secondary N) is 3. The smallest absolute Gasteiger partial charge is 0.322 e. The quantitative estimate of drug-likeness (QED) is 0.728. The maximum absolute atomic E-state index is 12.6. The molecule has 2 atom stereocenters.